The maximum Gasteiger partial charge on any atom is 0.185 e. The first-order chi connectivity index (χ1) is 14.7. The van der Waals surface area contributed by atoms with Crippen molar-refractivity contribution in [2.24, 2.45) is 7.05 Å². The van der Waals surface area contributed by atoms with E-state index in [0.29, 0.717) is 0 Å². The van der Waals surface area contributed by atoms with E-state index in [2.05, 4.69) is 52.1 Å². The topological polar surface area (TPSA) is 39.9 Å². The number of nitrogens with zero attached hydrogens (tertiary/aromatic N) is 3. The lowest BCUT2D eigenvalue weighted by molar-refractivity contribution is 0.414. The Morgan fingerprint density at radius 1 is 0.967 bits per heavy atom. The van der Waals surface area contributed by atoms with Gasteiger partial charge in [-0.25, -0.2) is 4.98 Å². The van der Waals surface area contributed by atoms with Crippen LogP contribution in [0.15, 0.2) is 67.1 Å². The van der Waals surface area contributed by atoms with E-state index in [-0.39, 0.29) is 0 Å². The van der Waals surface area contributed by atoms with E-state index in [1.54, 1.807) is 7.11 Å². The van der Waals surface area contributed by atoms with Crippen molar-refractivity contribution in [3.05, 3.63) is 78.5 Å². The average Bonchev–Trinajstić information content (AvgIpc) is 3.18. The molecule has 2 heterocycles. The molecule has 0 aliphatic rings. The molecule has 0 amide bonds. The molecule has 0 aliphatic carbocycles. The van der Waals surface area contributed by atoms with Crippen LogP contribution in [0.2, 0.25) is 0 Å². The molecule has 30 heavy (non-hydrogen) atoms. The molecule has 2 aromatic carbocycles. The molecule has 0 saturated heterocycles. The van der Waals surface area contributed by atoms with Gasteiger partial charge in [-0.15, -0.1) is 0 Å². The molecule has 4 aromatic rings. The molecule has 2 aromatic heterocycles. The van der Waals surface area contributed by atoms with Gasteiger partial charge in [0.25, 0.3) is 0 Å². The molecule has 4 rings (SSSR count). The minimum atomic E-state index is 0.777. The van der Waals surface area contributed by atoms with E-state index in [9.17, 15) is 0 Å². The molecule has 0 radical (unpaired) electrons. The summed E-state index contributed by atoms with van der Waals surface area (Å²) in [6.45, 7) is 4.00. The highest BCUT2D eigenvalue weighted by Crippen LogP contribution is 2.24. The zero-order valence-corrected chi connectivity index (χ0v) is 18.0. The Morgan fingerprint density at radius 2 is 1.77 bits per heavy atom. The van der Waals surface area contributed by atoms with E-state index >= 15 is 0 Å². The SMILES string of the molecule is CC.COc1ccc(CCC#Cc2ncc(-c3ccc4cnccc4c3)n2C)cc1. The summed E-state index contributed by atoms with van der Waals surface area (Å²) in [5.41, 5.74) is 3.43. The Bertz CT molecular complexity index is 1160. The molecular weight excluding hydrogens is 370 g/mol. The van der Waals surface area contributed by atoms with Crippen LogP contribution >= 0.6 is 0 Å². The predicted molar refractivity (Wildman–Crippen MR) is 123 cm³/mol. The number of aromatic nitrogens is 3. The number of ether oxygens (including phenoxy) is 1. The number of methoxy groups -OCH3 is 1. The zero-order valence-electron chi connectivity index (χ0n) is 18.0. The third-order valence-corrected chi connectivity index (χ3v) is 4.82. The first-order valence-electron chi connectivity index (χ1n) is 10.2. The first-order valence-corrected chi connectivity index (χ1v) is 10.2. The van der Waals surface area contributed by atoms with Crippen molar-refractivity contribution in [1.82, 2.24) is 14.5 Å². The van der Waals surface area contributed by atoms with Crippen LogP contribution in [-0.4, -0.2) is 21.6 Å². The van der Waals surface area contributed by atoms with Crippen molar-refractivity contribution < 1.29 is 4.74 Å². The van der Waals surface area contributed by atoms with Crippen molar-refractivity contribution in [2.45, 2.75) is 26.7 Å². The molecule has 0 atom stereocenters. The van der Waals surface area contributed by atoms with Crippen molar-refractivity contribution in [3.8, 4) is 28.8 Å². The lowest BCUT2D eigenvalue weighted by Gasteiger charge is -2.05. The van der Waals surface area contributed by atoms with Crippen LogP contribution in [0.25, 0.3) is 22.0 Å². The molecule has 0 spiro atoms. The van der Waals surface area contributed by atoms with Crippen molar-refractivity contribution in [2.75, 3.05) is 7.11 Å². The number of imidazole rings is 1. The van der Waals surface area contributed by atoms with Crippen LogP contribution in [0.5, 0.6) is 5.75 Å². The average molecular weight is 398 g/mol. The quantitative estimate of drug-likeness (QED) is 0.418. The van der Waals surface area contributed by atoms with Crippen molar-refractivity contribution >= 4 is 10.8 Å². The smallest absolute Gasteiger partial charge is 0.185 e. The second-order valence-electron chi connectivity index (χ2n) is 6.61. The number of fused-ring (bicyclic) bond motifs is 1. The molecule has 0 N–H and O–H groups in total. The number of pyridine rings is 1. The van der Waals surface area contributed by atoms with Crippen molar-refractivity contribution in [3.63, 3.8) is 0 Å². The van der Waals surface area contributed by atoms with Crippen molar-refractivity contribution in [1.29, 1.82) is 0 Å². The summed E-state index contributed by atoms with van der Waals surface area (Å²) in [4.78, 5) is 8.67. The number of hydrogen-bond acceptors (Lipinski definition) is 3. The second kappa shape index (κ2) is 10.3. The predicted octanol–water partition coefficient (Wildman–Crippen LogP) is 5.65. The maximum atomic E-state index is 5.19. The summed E-state index contributed by atoms with van der Waals surface area (Å²) in [6, 6.07) is 16.5. The van der Waals surface area contributed by atoms with Gasteiger partial charge in [-0.05, 0) is 47.6 Å². The van der Waals surface area contributed by atoms with Gasteiger partial charge in [0.1, 0.15) is 5.75 Å². The Kier molecular flexibility index (Phi) is 7.24. The van der Waals surface area contributed by atoms with Crippen LogP contribution in [0.4, 0.5) is 0 Å². The maximum absolute atomic E-state index is 5.19. The van der Waals surface area contributed by atoms with Crippen LogP contribution < -0.4 is 4.74 Å². The molecule has 0 saturated carbocycles. The Balaban J connectivity index is 0.00000124. The molecule has 0 aliphatic heterocycles. The van der Waals surface area contributed by atoms with Gasteiger partial charge in [0.2, 0.25) is 0 Å². The van der Waals surface area contributed by atoms with Gasteiger partial charge < -0.3 is 9.30 Å². The molecular formula is C26H27N3O. The van der Waals surface area contributed by atoms with Gasteiger partial charge >= 0.3 is 0 Å². The number of benzene rings is 2. The lowest BCUT2D eigenvalue weighted by atomic mass is 10.1. The van der Waals surface area contributed by atoms with Gasteiger partial charge in [0.15, 0.2) is 5.82 Å². The van der Waals surface area contributed by atoms with E-state index in [1.165, 1.54) is 10.9 Å². The molecule has 4 nitrogen and oxygen atoms in total. The van der Waals surface area contributed by atoms with Crippen LogP contribution in [0, 0.1) is 11.8 Å². The first kappa shape index (κ1) is 21.1. The number of aryl methyl sites for hydroxylation is 1. The van der Waals surface area contributed by atoms with E-state index in [1.807, 2.05) is 62.3 Å². The largest absolute Gasteiger partial charge is 0.497 e. The van der Waals surface area contributed by atoms with E-state index in [0.717, 1.165) is 41.1 Å². The van der Waals surface area contributed by atoms with E-state index < -0.39 is 0 Å². The zero-order chi connectivity index (χ0) is 21.3. The Morgan fingerprint density at radius 3 is 2.53 bits per heavy atom. The standard InChI is InChI=1S/C24H21N3O.C2H6/c1-27-23(20-9-10-21-16-25-14-13-19(21)15-20)17-26-24(27)6-4-3-5-18-7-11-22(28-2)12-8-18;1-2/h7-17H,3,5H2,1-2H3;1-2H3. The highest BCUT2D eigenvalue weighted by Gasteiger charge is 2.07. The number of hydrogen-bond donors (Lipinski definition) is 0. The lowest BCUT2D eigenvalue weighted by Crippen LogP contribution is -1.95. The summed E-state index contributed by atoms with van der Waals surface area (Å²) in [5.74, 6) is 8.09. The fourth-order valence-electron chi connectivity index (χ4n) is 3.18. The summed E-state index contributed by atoms with van der Waals surface area (Å²) in [6.07, 6.45) is 7.28. The van der Waals surface area contributed by atoms with Gasteiger partial charge in [0, 0.05) is 36.8 Å². The monoisotopic (exact) mass is 397 g/mol. The van der Waals surface area contributed by atoms with Crippen LogP contribution in [-0.2, 0) is 13.5 Å². The molecule has 152 valence electrons. The minimum absolute atomic E-state index is 0.777. The highest BCUT2D eigenvalue weighted by molar-refractivity contribution is 5.86. The van der Waals surface area contributed by atoms with Gasteiger partial charge in [-0.2, -0.15) is 0 Å². The van der Waals surface area contributed by atoms with Gasteiger partial charge in [0.05, 0.1) is 19.0 Å². The summed E-state index contributed by atoms with van der Waals surface area (Å²) in [7, 11) is 3.68. The Hall–Kier alpha value is -3.58. The van der Waals surface area contributed by atoms with E-state index in [4.69, 9.17) is 4.74 Å². The molecule has 0 fully saturated rings. The normalized spacial score (nSPS) is 10.0. The highest BCUT2D eigenvalue weighted by atomic mass is 16.5. The summed E-state index contributed by atoms with van der Waals surface area (Å²) < 4.78 is 7.23. The second-order valence-corrected chi connectivity index (χ2v) is 6.61. The summed E-state index contributed by atoms with van der Waals surface area (Å²) in [5, 5.41) is 2.30. The molecule has 0 unspecified atom stereocenters. The van der Waals surface area contributed by atoms with Gasteiger partial charge in [-0.1, -0.05) is 44.0 Å². The van der Waals surface area contributed by atoms with Crippen LogP contribution in [0.1, 0.15) is 31.7 Å². The third-order valence-electron chi connectivity index (χ3n) is 4.82. The molecule has 0 bridgehead atoms. The minimum Gasteiger partial charge on any atom is -0.497 e. The van der Waals surface area contributed by atoms with Gasteiger partial charge in [-0.3, -0.25) is 4.98 Å². The number of rotatable bonds is 4. The molecule has 4 heteroatoms. The van der Waals surface area contributed by atoms with Crippen LogP contribution in [0.3, 0.4) is 0 Å². The fourth-order valence-corrected chi connectivity index (χ4v) is 3.18. The Labute approximate surface area is 178 Å². The third kappa shape index (κ3) is 4.87. The summed E-state index contributed by atoms with van der Waals surface area (Å²) >= 11 is 0. The fraction of sp³-hybridized carbons (Fsp3) is 0.231.